The Labute approximate surface area is 75.8 Å². The number of carboxylic acid groups (broad SMARTS) is 1. The summed E-state index contributed by atoms with van der Waals surface area (Å²) in [4.78, 5) is 16.1. The molecule has 0 aromatic carbocycles. The van der Waals surface area contributed by atoms with Crippen LogP contribution in [0.4, 0.5) is 0 Å². The lowest BCUT2D eigenvalue weighted by molar-refractivity contribution is -0.142. The fraction of sp³-hybridized carbons (Fsp3) is 0.571. The molecule has 1 atom stereocenters. The van der Waals surface area contributed by atoms with Crippen molar-refractivity contribution < 1.29 is 9.90 Å². The van der Waals surface area contributed by atoms with Crippen molar-refractivity contribution in [3.8, 4) is 0 Å². The van der Waals surface area contributed by atoms with Gasteiger partial charge < -0.3 is 5.11 Å². The Bertz CT molecular complexity index is 270. The number of hydrogen-bond donors (Lipinski definition) is 1. The highest BCUT2D eigenvalue weighted by atomic mass is 16.4. The largest absolute Gasteiger partial charge is 0.480 e. The summed E-state index contributed by atoms with van der Waals surface area (Å²) < 4.78 is 1.50. The van der Waals surface area contributed by atoms with Crippen LogP contribution < -0.4 is 0 Å². The van der Waals surface area contributed by atoms with Crippen molar-refractivity contribution in [2.75, 3.05) is 14.1 Å². The molecule has 0 fully saturated rings. The molecule has 0 spiro atoms. The lowest BCUT2D eigenvalue weighted by Crippen LogP contribution is -2.39. The second-order valence-electron chi connectivity index (χ2n) is 2.94. The summed E-state index contributed by atoms with van der Waals surface area (Å²) in [6, 6.07) is -0.568. The summed E-state index contributed by atoms with van der Waals surface area (Å²) in [5, 5.41) is 12.7. The van der Waals surface area contributed by atoms with Gasteiger partial charge in [-0.25, -0.2) is 4.98 Å². The molecular weight excluding hydrogens is 172 g/mol. The number of nitrogens with zero attached hydrogens (tertiary/aromatic N) is 4. The number of carboxylic acids is 1. The molecular formula is C7H12N4O2. The first-order valence-electron chi connectivity index (χ1n) is 3.83. The van der Waals surface area contributed by atoms with Crippen LogP contribution in [0.2, 0.25) is 0 Å². The average Bonchev–Trinajstić information content (AvgIpc) is 2.50. The van der Waals surface area contributed by atoms with Crippen molar-refractivity contribution in [2.45, 2.75) is 12.6 Å². The smallest absolute Gasteiger partial charge is 0.322 e. The first-order chi connectivity index (χ1) is 6.11. The van der Waals surface area contributed by atoms with E-state index in [1.165, 1.54) is 17.3 Å². The highest BCUT2D eigenvalue weighted by Gasteiger charge is 2.20. The standard InChI is InChI=1S/C7H12N4O2/c1-10(2)6(7(12)13)3-11-5-8-4-9-11/h4-6H,3H2,1-2H3,(H,12,13). The van der Waals surface area contributed by atoms with Gasteiger partial charge >= 0.3 is 5.97 Å². The van der Waals surface area contributed by atoms with E-state index in [-0.39, 0.29) is 0 Å². The van der Waals surface area contributed by atoms with Gasteiger partial charge in [0.15, 0.2) is 0 Å². The van der Waals surface area contributed by atoms with Crippen LogP contribution in [0.3, 0.4) is 0 Å². The fourth-order valence-electron chi connectivity index (χ4n) is 0.966. The monoisotopic (exact) mass is 184 g/mol. The zero-order valence-corrected chi connectivity index (χ0v) is 7.58. The van der Waals surface area contributed by atoms with E-state index in [0.29, 0.717) is 6.54 Å². The van der Waals surface area contributed by atoms with Crippen molar-refractivity contribution in [1.29, 1.82) is 0 Å². The van der Waals surface area contributed by atoms with E-state index in [9.17, 15) is 4.79 Å². The molecule has 0 saturated heterocycles. The number of rotatable bonds is 4. The van der Waals surface area contributed by atoms with Gasteiger partial charge in [-0.1, -0.05) is 0 Å². The second-order valence-corrected chi connectivity index (χ2v) is 2.94. The predicted octanol–water partition coefficient (Wildman–Crippen LogP) is -0.707. The summed E-state index contributed by atoms with van der Waals surface area (Å²) >= 11 is 0. The number of aliphatic carboxylic acids is 1. The molecule has 1 unspecified atom stereocenters. The van der Waals surface area contributed by atoms with E-state index < -0.39 is 12.0 Å². The molecule has 72 valence electrons. The highest BCUT2D eigenvalue weighted by Crippen LogP contribution is 1.97. The molecule has 0 saturated carbocycles. The van der Waals surface area contributed by atoms with Crippen LogP contribution in [-0.4, -0.2) is 50.9 Å². The molecule has 1 rings (SSSR count). The van der Waals surface area contributed by atoms with Crippen molar-refractivity contribution in [2.24, 2.45) is 0 Å². The third-order valence-electron chi connectivity index (χ3n) is 1.73. The fourth-order valence-corrected chi connectivity index (χ4v) is 0.966. The molecule has 0 aliphatic heterocycles. The minimum absolute atomic E-state index is 0.308. The van der Waals surface area contributed by atoms with Crippen LogP contribution in [-0.2, 0) is 11.3 Å². The Morgan fingerprint density at radius 1 is 1.69 bits per heavy atom. The van der Waals surface area contributed by atoms with E-state index >= 15 is 0 Å². The van der Waals surface area contributed by atoms with E-state index in [0.717, 1.165) is 0 Å². The Morgan fingerprint density at radius 2 is 2.38 bits per heavy atom. The van der Waals surface area contributed by atoms with E-state index in [4.69, 9.17) is 5.11 Å². The minimum Gasteiger partial charge on any atom is -0.480 e. The summed E-state index contributed by atoms with van der Waals surface area (Å²) in [5.74, 6) is -0.861. The Hall–Kier alpha value is -1.43. The van der Waals surface area contributed by atoms with Gasteiger partial charge in [0, 0.05) is 0 Å². The molecule has 1 N–H and O–H groups in total. The summed E-state index contributed by atoms with van der Waals surface area (Å²) in [5.41, 5.74) is 0. The summed E-state index contributed by atoms with van der Waals surface area (Å²) in [6.07, 6.45) is 2.88. The zero-order valence-electron chi connectivity index (χ0n) is 7.58. The van der Waals surface area contributed by atoms with Gasteiger partial charge in [0.2, 0.25) is 0 Å². The van der Waals surface area contributed by atoms with Crippen molar-refractivity contribution in [1.82, 2.24) is 19.7 Å². The van der Waals surface area contributed by atoms with E-state index in [1.54, 1.807) is 19.0 Å². The van der Waals surface area contributed by atoms with Gasteiger partial charge in [0.25, 0.3) is 0 Å². The molecule has 1 aromatic heterocycles. The van der Waals surface area contributed by atoms with Crippen LogP contribution in [0.5, 0.6) is 0 Å². The molecule has 13 heavy (non-hydrogen) atoms. The third-order valence-corrected chi connectivity index (χ3v) is 1.73. The average molecular weight is 184 g/mol. The molecule has 6 heteroatoms. The van der Waals surface area contributed by atoms with Crippen molar-refractivity contribution >= 4 is 5.97 Å². The van der Waals surface area contributed by atoms with Gasteiger partial charge in [-0.3, -0.25) is 14.4 Å². The van der Waals surface area contributed by atoms with E-state index in [1.807, 2.05) is 0 Å². The maximum atomic E-state index is 10.8. The van der Waals surface area contributed by atoms with Crippen LogP contribution in [0.1, 0.15) is 0 Å². The zero-order chi connectivity index (χ0) is 9.84. The number of aromatic nitrogens is 3. The molecule has 1 heterocycles. The van der Waals surface area contributed by atoms with Crippen LogP contribution in [0.25, 0.3) is 0 Å². The summed E-state index contributed by atoms with van der Waals surface area (Å²) in [6.45, 7) is 0.308. The molecule has 0 aliphatic carbocycles. The second kappa shape index (κ2) is 3.99. The molecule has 6 nitrogen and oxygen atoms in total. The first kappa shape index (κ1) is 9.66. The molecule has 0 radical (unpaired) electrons. The number of hydrogen-bond acceptors (Lipinski definition) is 4. The lowest BCUT2D eigenvalue weighted by atomic mass is 10.3. The molecule has 1 aromatic rings. The Kier molecular flexibility index (Phi) is 2.97. The van der Waals surface area contributed by atoms with Crippen LogP contribution >= 0.6 is 0 Å². The normalized spacial score (nSPS) is 13.2. The van der Waals surface area contributed by atoms with E-state index in [2.05, 4.69) is 10.1 Å². The molecule has 0 bridgehead atoms. The van der Waals surface area contributed by atoms with Gasteiger partial charge in [0.05, 0.1) is 6.54 Å². The first-order valence-corrected chi connectivity index (χ1v) is 3.83. The third kappa shape index (κ3) is 2.51. The predicted molar refractivity (Wildman–Crippen MR) is 45.1 cm³/mol. The van der Waals surface area contributed by atoms with Crippen LogP contribution in [0.15, 0.2) is 12.7 Å². The quantitative estimate of drug-likeness (QED) is 0.669. The molecule has 0 amide bonds. The topological polar surface area (TPSA) is 71.2 Å². The minimum atomic E-state index is -0.861. The Morgan fingerprint density at radius 3 is 2.77 bits per heavy atom. The highest BCUT2D eigenvalue weighted by molar-refractivity contribution is 5.73. The van der Waals surface area contributed by atoms with Crippen LogP contribution in [0, 0.1) is 0 Å². The SMILES string of the molecule is CN(C)C(Cn1cncn1)C(=O)O. The van der Waals surface area contributed by atoms with Gasteiger partial charge in [-0.05, 0) is 14.1 Å². The number of carbonyl (C=O) groups is 1. The summed E-state index contributed by atoms with van der Waals surface area (Å²) in [7, 11) is 3.44. The maximum Gasteiger partial charge on any atom is 0.322 e. The van der Waals surface area contributed by atoms with Crippen molar-refractivity contribution in [3.05, 3.63) is 12.7 Å². The maximum absolute atomic E-state index is 10.8. The van der Waals surface area contributed by atoms with Gasteiger partial charge in [0.1, 0.15) is 18.7 Å². The van der Waals surface area contributed by atoms with Crippen molar-refractivity contribution in [3.63, 3.8) is 0 Å². The van der Waals surface area contributed by atoms with Gasteiger partial charge in [-0.2, -0.15) is 5.10 Å². The Balaban J connectivity index is 2.63. The number of likely N-dealkylation sites (N-methyl/N-ethyl adjacent to an activating group) is 1. The van der Waals surface area contributed by atoms with Gasteiger partial charge in [-0.15, -0.1) is 0 Å². The lowest BCUT2D eigenvalue weighted by Gasteiger charge is -2.19. The molecule has 0 aliphatic rings.